The molecule has 0 saturated carbocycles. The van der Waals surface area contributed by atoms with Gasteiger partial charge in [-0.25, -0.2) is 0 Å². The van der Waals surface area contributed by atoms with Crippen molar-refractivity contribution in [2.75, 3.05) is 6.54 Å². The molecule has 3 heterocycles. The van der Waals surface area contributed by atoms with Crippen LogP contribution in [0.1, 0.15) is 45.4 Å². The maximum Gasteiger partial charge on any atom is 0.309 e. The molecule has 0 aliphatic carbocycles. The van der Waals surface area contributed by atoms with Gasteiger partial charge in [-0.2, -0.15) is 0 Å². The van der Waals surface area contributed by atoms with E-state index in [0.29, 0.717) is 6.42 Å². The highest BCUT2D eigenvalue weighted by Gasteiger charge is 2.55. The first kappa shape index (κ1) is 11.1. The van der Waals surface area contributed by atoms with Crippen LogP contribution in [0.4, 0.5) is 0 Å². The molecule has 0 aromatic rings. The summed E-state index contributed by atoms with van der Waals surface area (Å²) in [7, 11) is 0. The molecule has 0 aromatic carbocycles. The minimum Gasteiger partial charge on any atom is -0.457 e. The average molecular weight is 237 g/mol. The topological polar surface area (TPSA) is 46.6 Å². The molecule has 3 fully saturated rings. The molecule has 3 atom stereocenters. The molecule has 3 aliphatic heterocycles. The van der Waals surface area contributed by atoms with Crippen LogP contribution in [0.2, 0.25) is 0 Å². The minimum absolute atomic E-state index is 0.00866. The van der Waals surface area contributed by atoms with Crippen LogP contribution in [0.3, 0.4) is 0 Å². The molecule has 4 nitrogen and oxygen atoms in total. The van der Waals surface area contributed by atoms with Crippen molar-refractivity contribution >= 4 is 11.9 Å². The zero-order valence-electron chi connectivity index (χ0n) is 10.3. The number of carbonyl (C=O) groups is 2. The third-order valence-corrected chi connectivity index (χ3v) is 4.54. The first-order valence-electron chi connectivity index (χ1n) is 6.65. The fourth-order valence-electron chi connectivity index (χ4n) is 3.74. The molecule has 3 saturated heterocycles. The summed E-state index contributed by atoms with van der Waals surface area (Å²) in [6.45, 7) is 2.78. The van der Waals surface area contributed by atoms with Crippen molar-refractivity contribution < 1.29 is 14.3 Å². The second kappa shape index (κ2) is 3.72. The van der Waals surface area contributed by atoms with Crippen molar-refractivity contribution in [3.63, 3.8) is 0 Å². The Morgan fingerprint density at radius 2 is 2.18 bits per heavy atom. The quantitative estimate of drug-likeness (QED) is 0.600. The van der Waals surface area contributed by atoms with Gasteiger partial charge in [-0.05, 0) is 25.7 Å². The van der Waals surface area contributed by atoms with E-state index in [1.54, 1.807) is 0 Å². The lowest BCUT2D eigenvalue weighted by atomic mass is 9.83. The van der Waals surface area contributed by atoms with Gasteiger partial charge in [0.2, 0.25) is 5.91 Å². The van der Waals surface area contributed by atoms with Crippen molar-refractivity contribution in [3.8, 4) is 0 Å². The van der Waals surface area contributed by atoms with E-state index < -0.39 is 0 Å². The molecule has 0 radical (unpaired) electrons. The first-order valence-corrected chi connectivity index (χ1v) is 6.65. The molecule has 0 bridgehead atoms. The lowest BCUT2D eigenvalue weighted by Gasteiger charge is -2.36. The highest BCUT2D eigenvalue weighted by molar-refractivity contribution is 5.80. The van der Waals surface area contributed by atoms with E-state index in [1.807, 2.05) is 11.8 Å². The molecule has 0 N–H and O–H groups in total. The van der Waals surface area contributed by atoms with Gasteiger partial charge in [0.25, 0.3) is 0 Å². The Kier molecular flexibility index (Phi) is 2.42. The predicted molar refractivity (Wildman–Crippen MR) is 61.2 cm³/mol. The zero-order valence-corrected chi connectivity index (χ0v) is 10.3. The number of fused-ring (bicyclic) bond motifs is 2. The van der Waals surface area contributed by atoms with Crippen molar-refractivity contribution in [1.29, 1.82) is 0 Å². The van der Waals surface area contributed by atoms with E-state index in [1.165, 1.54) is 0 Å². The van der Waals surface area contributed by atoms with Crippen LogP contribution in [-0.4, -0.2) is 35.0 Å². The molecule has 94 valence electrons. The van der Waals surface area contributed by atoms with Gasteiger partial charge in [-0.15, -0.1) is 0 Å². The van der Waals surface area contributed by atoms with Crippen LogP contribution in [0.5, 0.6) is 0 Å². The normalized spacial score (nSPS) is 41.6. The van der Waals surface area contributed by atoms with Crippen LogP contribution in [0, 0.1) is 5.92 Å². The van der Waals surface area contributed by atoms with Gasteiger partial charge in [0.15, 0.2) is 0 Å². The molecule has 1 amide bonds. The molecule has 1 spiro atoms. The van der Waals surface area contributed by atoms with E-state index in [9.17, 15) is 9.59 Å². The molecular formula is C13H19NO3. The Labute approximate surface area is 101 Å². The maximum atomic E-state index is 11.8. The number of ether oxygens (including phenoxy) is 1. The van der Waals surface area contributed by atoms with Gasteiger partial charge in [0.1, 0.15) is 5.60 Å². The highest BCUT2D eigenvalue weighted by Crippen LogP contribution is 2.45. The number of hydrogen-bond donors (Lipinski definition) is 0. The maximum absolute atomic E-state index is 11.8. The third kappa shape index (κ3) is 1.57. The molecule has 0 unspecified atom stereocenters. The minimum atomic E-state index is -0.362. The molecule has 0 aromatic heterocycles. The Morgan fingerprint density at radius 3 is 2.88 bits per heavy atom. The van der Waals surface area contributed by atoms with E-state index in [4.69, 9.17) is 4.74 Å². The van der Waals surface area contributed by atoms with Crippen LogP contribution in [-0.2, 0) is 14.3 Å². The summed E-state index contributed by atoms with van der Waals surface area (Å²) in [5.74, 6) is 0.156. The van der Waals surface area contributed by atoms with Crippen molar-refractivity contribution in [2.24, 2.45) is 5.92 Å². The van der Waals surface area contributed by atoms with Gasteiger partial charge in [0, 0.05) is 19.4 Å². The third-order valence-electron chi connectivity index (χ3n) is 4.54. The molecule has 3 rings (SSSR count). The Hall–Kier alpha value is -1.06. The Bertz CT molecular complexity index is 368. The second-order valence-corrected chi connectivity index (χ2v) is 5.69. The summed E-state index contributed by atoms with van der Waals surface area (Å²) in [4.78, 5) is 25.5. The number of hydrogen-bond acceptors (Lipinski definition) is 3. The number of rotatable bonds is 0. The molecule has 3 aliphatic rings. The fraction of sp³-hybridized carbons (Fsp3) is 0.846. The van der Waals surface area contributed by atoms with Crippen LogP contribution < -0.4 is 0 Å². The average Bonchev–Trinajstić information content (AvgIpc) is 2.71. The monoisotopic (exact) mass is 237 g/mol. The summed E-state index contributed by atoms with van der Waals surface area (Å²) >= 11 is 0. The van der Waals surface area contributed by atoms with E-state index in [-0.39, 0.29) is 29.4 Å². The van der Waals surface area contributed by atoms with E-state index >= 15 is 0 Å². The smallest absolute Gasteiger partial charge is 0.309 e. The fourth-order valence-corrected chi connectivity index (χ4v) is 3.74. The van der Waals surface area contributed by atoms with Crippen molar-refractivity contribution in [3.05, 3.63) is 0 Å². The standard InChI is InChI=1S/C13H19NO3/c1-9-8-13(17-12(9)16)6-2-3-7-14-10(13)4-5-11(14)15/h9-10H,2-8H2,1H3/t9-,10+,13+/m1/s1. The van der Waals surface area contributed by atoms with Crippen LogP contribution in [0.25, 0.3) is 0 Å². The lowest BCUT2D eigenvalue weighted by Crippen LogP contribution is -2.49. The highest BCUT2D eigenvalue weighted by atomic mass is 16.6. The summed E-state index contributed by atoms with van der Waals surface area (Å²) in [6, 6.07) is 0.145. The molecule has 17 heavy (non-hydrogen) atoms. The van der Waals surface area contributed by atoms with Crippen LogP contribution in [0.15, 0.2) is 0 Å². The Morgan fingerprint density at radius 1 is 1.35 bits per heavy atom. The summed E-state index contributed by atoms with van der Waals surface area (Å²) in [5, 5.41) is 0. The van der Waals surface area contributed by atoms with Gasteiger partial charge in [0.05, 0.1) is 12.0 Å². The zero-order chi connectivity index (χ0) is 12.0. The molecule has 4 heteroatoms. The van der Waals surface area contributed by atoms with Gasteiger partial charge < -0.3 is 9.64 Å². The number of esters is 1. The summed E-state index contributed by atoms with van der Waals surface area (Å²) in [6.07, 6.45) is 5.30. The first-order chi connectivity index (χ1) is 8.12. The van der Waals surface area contributed by atoms with Crippen molar-refractivity contribution in [1.82, 2.24) is 4.90 Å². The van der Waals surface area contributed by atoms with Gasteiger partial charge >= 0.3 is 5.97 Å². The molecular weight excluding hydrogens is 218 g/mol. The van der Waals surface area contributed by atoms with Crippen LogP contribution >= 0.6 is 0 Å². The van der Waals surface area contributed by atoms with Crippen molar-refractivity contribution in [2.45, 2.75) is 57.1 Å². The number of carbonyl (C=O) groups excluding carboxylic acids is 2. The number of amides is 1. The lowest BCUT2D eigenvalue weighted by molar-refractivity contribution is -0.156. The summed E-state index contributed by atoms with van der Waals surface area (Å²) < 4.78 is 5.71. The van der Waals surface area contributed by atoms with Gasteiger partial charge in [-0.3, -0.25) is 9.59 Å². The van der Waals surface area contributed by atoms with E-state index in [0.717, 1.165) is 38.6 Å². The van der Waals surface area contributed by atoms with Gasteiger partial charge in [-0.1, -0.05) is 6.92 Å². The largest absolute Gasteiger partial charge is 0.457 e. The number of nitrogens with zero attached hydrogens (tertiary/aromatic N) is 1. The summed E-state index contributed by atoms with van der Waals surface area (Å²) in [5.41, 5.74) is -0.362. The van der Waals surface area contributed by atoms with E-state index in [2.05, 4.69) is 0 Å². The second-order valence-electron chi connectivity index (χ2n) is 5.69. The Balaban J connectivity index is 1.92. The predicted octanol–water partition coefficient (Wildman–Crippen LogP) is 1.48. The SMILES string of the molecule is C[C@@H]1C[C@]2(CCCCN3C(=O)CC[C@H]32)OC1=O.